The fourth-order valence-electron chi connectivity index (χ4n) is 2.55. The molecular formula is C12H15NO5. The first-order valence-corrected chi connectivity index (χ1v) is 5.81. The maximum Gasteiger partial charge on any atom is 0.329 e. The molecule has 2 rings (SSSR count). The first-order chi connectivity index (χ1) is 8.57. The summed E-state index contributed by atoms with van der Waals surface area (Å²) in [6, 6.07) is -1.22. The Morgan fingerprint density at radius 1 is 1.39 bits per heavy atom. The number of hydrogen-bond acceptors (Lipinski definition) is 4. The molecule has 1 aliphatic heterocycles. The van der Waals surface area contributed by atoms with E-state index in [2.05, 4.69) is 0 Å². The zero-order valence-corrected chi connectivity index (χ0v) is 10.0. The van der Waals surface area contributed by atoms with Crippen LogP contribution in [0.2, 0.25) is 0 Å². The molecule has 0 saturated carbocycles. The van der Waals surface area contributed by atoms with Gasteiger partial charge >= 0.3 is 5.97 Å². The Kier molecular flexibility index (Phi) is 3.47. The second kappa shape index (κ2) is 4.89. The third kappa shape index (κ3) is 1.92. The minimum Gasteiger partial charge on any atom is -0.480 e. The lowest BCUT2D eigenvalue weighted by Gasteiger charge is -2.22. The van der Waals surface area contributed by atoms with Crippen LogP contribution in [0.4, 0.5) is 0 Å². The van der Waals surface area contributed by atoms with Crippen molar-refractivity contribution in [3.8, 4) is 0 Å². The van der Waals surface area contributed by atoms with Gasteiger partial charge in [-0.05, 0) is 12.8 Å². The summed E-state index contributed by atoms with van der Waals surface area (Å²) in [7, 11) is 1.34. The number of carbonyl (C=O) groups is 3. The molecule has 1 heterocycles. The number of methoxy groups -OCH3 is 1. The predicted molar refractivity (Wildman–Crippen MR) is 60.5 cm³/mol. The Labute approximate surface area is 104 Å². The maximum absolute atomic E-state index is 12.1. The van der Waals surface area contributed by atoms with E-state index >= 15 is 0 Å². The van der Waals surface area contributed by atoms with Gasteiger partial charge in [0, 0.05) is 7.11 Å². The van der Waals surface area contributed by atoms with E-state index in [1.165, 1.54) is 7.11 Å². The Bertz CT molecular complexity index is 391. The van der Waals surface area contributed by atoms with Crippen LogP contribution in [-0.4, -0.2) is 47.5 Å². The summed E-state index contributed by atoms with van der Waals surface area (Å²) in [5.41, 5.74) is 0. The van der Waals surface area contributed by atoms with Crippen molar-refractivity contribution in [2.45, 2.75) is 18.9 Å². The second-order valence-electron chi connectivity index (χ2n) is 4.51. The number of carbonyl (C=O) groups excluding carboxylic acids is 2. The van der Waals surface area contributed by atoms with Crippen LogP contribution in [0.15, 0.2) is 12.2 Å². The number of amides is 2. The van der Waals surface area contributed by atoms with Crippen LogP contribution in [0.5, 0.6) is 0 Å². The zero-order chi connectivity index (χ0) is 13.3. The fraction of sp³-hybridized carbons (Fsp3) is 0.583. The number of rotatable bonds is 4. The van der Waals surface area contributed by atoms with Crippen molar-refractivity contribution in [2.75, 3.05) is 13.7 Å². The van der Waals surface area contributed by atoms with E-state index in [0.717, 1.165) is 4.90 Å². The molecular weight excluding hydrogens is 238 g/mol. The van der Waals surface area contributed by atoms with Gasteiger partial charge in [0.1, 0.15) is 0 Å². The first-order valence-electron chi connectivity index (χ1n) is 5.81. The highest BCUT2D eigenvalue weighted by atomic mass is 16.5. The minimum absolute atomic E-state index is 0.181. The third-order valence-electron chi connectivity index (χ3n) is 3.46. The van der Waals surface area contributed by atoms with Gasteiger partial charge in [0.05, 0.1) is 18.4 Å². The fourth-order valence-corrected chi connectivity index (χ4v) is 2.55. The van der Waals surface area contributed by atoms with Crippen molar-refractivity contribution < 1.29 is 24.2 Å². The second-order valence-corrected chi connectivity index (χ2v) is 4.51. The van der Waals surface area contributed by atoms with E-state index in [-0.39, 0.29) is 18.4 Å². The molecule has 3 unspecified atom stereocenters. The molecule has 2 amide bonds. The van der Waals surface area contributed by atoms with Crippen molar-refractivity contribution in [1.29, 1.82) is 0 Å². The van der Waals surface area contributed by atoms with Gasteiger partial charge in [-0.15, -0.1) is 0 Å². The van der Waals surface area contributed by atoms with Crippen LogP contribution in [0.3, 0.4) is 0 Å². The number of fused-ring (bicyclic) bond motifs is 1. The standard InChI is InChI=1S/C12H15NO5/c1-18-6-9(12(16)17)13-10(14)7-4-2-3-5-8(7)11(13)15/h2-3,7-9H,4-6H2,1H3,(H,16,17). The summed E-state index contributed by atoms with van der Waals surface area (Å²) < 4.78 is 4.79. The van der Waals surface area contributed by atoms with E-state index in [4.69, 9.17) is 9.84 Å². The molecule has 98 valence electrons. The molecule has 0 spiro atoms. The predicted octanol–water partition coefficient (Wildman–Crippen LogP) is 0.0372. The van der Waals surface area contributed by atoms with Crippen molar-refractivity contribution in [2.24, 2.45) is 11.8 Å². The lowest BCUT2D eigenvalue weighted by molar-refractivity contribution is -0.157. The number of ether oxygens (including phenoxy) is 1. The number of carboxylic acid groups (broad SMARTS) is 1. The van der Waals surface area contributed by atoms with E-state index in [1.807, 2.05) is 12.2 Å². The van der Waals surface area contributed by atoms with Crippen LogP contribution in [0, 0.1) is 11.8 Å². The molecule has 2 aliphatic rings. The quantitative estimate of drug-likeness (QED) is 0.564. The number of aliphatic carboxylic acids is 1. The van der Waals surface area contributed by atoms with Crippen LogP contribution < -0.4 is 0 Å². The summed E-state index contributed by atoms with van der Waals surface area (Å²) in [6.45, 7) is -0.181. The molecule has 0 bridgehead atoms. The highest BCUT2D eigenvalue weighted by Crippen LogP contribution is 2.36. The third-order valence-corrected chi connectivity index (χ3v) is 3.46. The summed E-state index contributed by atoms with van der Waals surface area (Å²) in [4.78, 5) is 36.2. The Morgan fingerprint density at radius 3 is 2.28 bits per heavy atom. The van der Waals surface area contributed by atoms with Crippen LogP contribution in [-0.2, 0) is 19.1 Å². The van der Waals surface area contributed by atoms with Gasteiger partial charge in [0.25, 0.3) is 0 Å². The molecule has 18 heavy (non-hydrogen) atoms. The number of likely N-dealkylation sites (tertiary alicyclic amines) is 1. The van der Waals surface area contributed by atoms with Crippen molar-refractivity contribution in [3.63, 3.8) is 0 Å². The number of nitrogens with zero attached hydrogens (tertiary/aromatic N) is 1. The zero-order valence-electron chi connectivity index (χ0n) is 10.0. The van der Waals surface area contributed by atoms with Crippen molar-refractivity contribution in [3.05, 3.63) is 12.2 Å². The smallest absolute Gasteiger partial charge is 0.329 e. The van der Waals surface area contributed by atoms with Crippen LogP contribution >= 0.6 is 0 Å². The molecule has 1 saturated heterocycles. The van der Waals surface area contributed by atoms with Gasteiger partial charge in [-0.25, -0.2) is 4.79 Å². The SMILES string of the molecule is COCC(C(=O)O)N1C(=O)C2CC=CCC2C1=O. The van der Waals surface area contributed by atoms with E-state index in [1.54, 1.807) is 0 Å². The summed E-state index contributed by atoms with van der Waals surface area (Å²) in [6.07, 6.45) is 4.74. The summed E-state index contributed by atoms with van der Waals surface area (Å²) >= 11 is 0. The normalized spacial score (nSPS) is 28.4. The number of imide groups is 1. The molecule has 6 nitrogen and oxygen atoms in total. The van der Waals surface area contributed by atoms with Gasteiger partial charge in [0.15, 0.2) is 6.04 Å². The van der Waals surface area contributed by atoms with Gasteiger partial charge in [-0.1, -0.05) is 12.2 Å². The summed E-state index contributed by atoms with van der Waals surface area (Å²) in [5.74, 6) is -2.80. The topological polar surface area (TPSA) is 83.9 Å². The van der Waals surface area contributed by atoms with Crippen LogP contribution in [0.1, 0.15) is 12.8 Å². The molecule has 3 atom stereocenters. The monoisotopic (exact) mass is 253 g/mol. The van der Waals surface area contributed by atoms with Crippen molar-refractivity contribution in [1.82, 2.24) is 4.90 Å². The Balaban J connectivity index is 2.26. The summed E-state index contributed by atoms with van der Waals surface area (Å²) in [5, 5.41) is 9.09. The molecule has 1 fully saturated rings. The molecule has 0 radical (unpaired) electrons. The van der Waals surface area contributed by atoms with Gasteiger partial charge < -0.3 is 9.84 Å². The largest absolute Gasteiger partial charge is 0.480 e. The van der Waals surface area contributed by atoms with Crippen LogP contribution in [0.25, 0.3) is 0 Å². The highest BCUT2D eigenvalue weighted by molar-refractivity contribution is 6.08. The van der Waals surface area contributed by atoms with E-state index in [9.17, 15) is 14.4 Å². The van der Waals surface area contributed by atoms with E-state index in [0.29, 0.717) is 12.8 Å². The molecule has 1 N–H and O–H groups in total. The number of hydrogen-bond donors (Lipinski definition) is 1. The number of carboxylic acids is 1. The van der Waals surface area contributed by atoms with E-state index < -0.39 is 23.8 Å². The molecule has 6 heteroatoms. The molecule has 0 aromatic rings. The maximum atomic E-state index is 12.1. The molecule has 0 aromatic heterocycles. The first kappa shape index (κ1) is 12.8. The lowest BCUT2D eigenvalue weighted by atomic mass is 9.85. The average molecular weight is 253 g/mol. The van der Waals surface area contributed by atoms with Gasteiger partial charge in [0.2, 0.25) is 11.8 Å². The lowest BCUT2D eigenvalue weighted by Crippen LogP contribution is -2.48. The average Bonchev–Trinajstić information content (AvgIpc) is 2.60. The Morgan fingerprint density at radius 2 is 1.89 bits per heavy atom. The Hall–Kier alpha value is -1.69. The van der Waals surface area contributed by atoms with Crippen molar-refractivity contribution >= 4 is 17.8 Å². The minimum atomic E-state index is -1.22. The number of allylic oxidation sites excluding steroid dienone is 2. The van der Waals surface area contributed by atoms with Gasteiger partial charge in [-0.2, -0.15) is 0 Å². The molecule has 0 aromatic carbocycles. The molecule has 1 aliphatic carbocycles. The van der Waals surface area contributed by atoms with Gasteiger partial charge in [-0.3, -0.25) is 14.5 Å². The highest BCUT2D eigenvalue weighted by Gasteiger charge is 2.51.